The summed E-state index contributed by atoms with van der Waals surface area (Å²) in [5, 5.41) is 5.51. The van der Waals surface area contributed by atoms with E-state index in [2.05, 4.69) is 10.6 Å². The third kappa shape index (κ3) is 0.954. The van der Waals surface area contributed by atoms with Crippen molar-refractivity contribution in [2.75, 3.05) is 19.8 Å². The number of nitrogens with one attached hydrogen (secondary N) is 1. The van der Waals surface area contributed by atoms with Crippen LogP contribution in [0.3, 0.4) is 0 Å². The lowest BCUT2D eigenvalue weighted by molar-refractivity contribution is -0.665. The molecule has 1 aliphatic rings. The van der Waals surface area contributed by atoms with Gasteiger partial charge in [0.25, 0.3) is 0 Å². The molecule has 0 unspecified atom stereocenters. The van der Waals surface area contributed by atoms with Crippen molar-refractivity contribution in [1.82, 2.24) is 5.32 Å². The molecule has 0 atom stereocenters. The van der Waals surface area contributed by atoms with E-state index >= 15 is 0 Å². The second-order valence-corrected chi connectivity index (χ2v) is 1.64. The maximum absolute atomic E-state index is 3.23. The molecule has 0 spiro atoms. The Balaban J connectivity index is 2.00. The van der Waals surface area contributed by atoms with Gasteiger partial charge in [0.15, 0.2) is 0 Å². The van der Waals surface area contributed by atoms with Crippen LogP contribution >= 0.6 is 0 Å². The Hall–Kier alpha value is -0.0800. The molecule has 0 radical (unpaired) electrons. The van der Waals surface area contributed by atoms with E-state index in [1.165, 1.54) is 19.5 Å². The molecule has 1 heterocycles. The summed E-state index contributed by atoms with van der Waals surface area (Å²) in [5.41, 5.74) is 0. The van der Waals surface area contributed by atoms with Gasteiger partial charge in [-0.2, -0.15) is 0 Å². The summed E-state index contributed by atoms with van der Waals surface area (Å²) < 4.78 is 0. The fourth-order valence-electron chi connectivity index (χ4n) is 0.678. The van der Waals surface area contributed by atoms with Crippen LogP contribution in [0.1, 0.15) is 6.42 Å². The zero-order valence-electron chi connectivity index (χ0n) is 3.91. The van der Waals surface area contributed by atoms with Crippen molar-refractivity contribution >= 4 is 0 Å². The molecule has 1 saturated heterocycles. The summed E-state index contributed by atoms with van der Waals surface area (Å²) >= 11 is 0. The van der Waals surface area contributed by atoms with Crippen LogP contribution in [0.2, 0.25) is 0 Å². The molecule has 0 aromatic rings. The SMILES string of the molecule is C1CNC[NH2+]C1. The molecule has 2 heteroatoms. The highest BCUT2D eigenvalue weighted by molar-refractivity contribution is 4.41. The molecule has 0 saturated carbocycles. The predicted octanol–water partition coefficient (Wildman–Crippen LogP) is -1.50. The maximum Gasteiger partial charge on any atom is 0.129 e. The highest BCUT2D eigenvalue weighted by atomic mass is 15.1. The first-order valence-electron chi connectivity index (χ1n) is 2.52. The number of quaternary nitrogens is 1. The third-order valence-electron chi connectivity index (χ3n) is 1.05. The van der Waals surface area contributed by atoms with Crippen molar-refractivity contribution in [2.24, 2.45) is 0 Å². The van der Waals surface area contributed by atoms with E-state index in [-0.39, 0.29) is 0 Å². The lowest BCUT2D eigenvalue weighted by atomic mass is 10.4. The Labute approximate surface area is 37.9 Å². The Bertz CT molecular complexity index is 21.0. The van der Waals surface area contributed by atoms with Gasteiger partial charge in [0, 0.05) is 13.0 Å². The standard InChI is InChI=1S/C4H10N2/c1-2-5-4-6-3-1/h5-6H,1-4H2/p+1. The first-order valence-corrected chi connectivity index (χ1v) is 2.52. The zero-order chi connectivity index (χ0) is 4.24. The second-order valence-electron chi connectivity index (χ2n) is 1.64. The second kappa shape index (κ2) is 2.16. The monoisotopic (exact) mass is 87.1 g/mol. The van der Waals surface area contributed by atoms with Crippen LogP contribution < -0.4 is 10.6 Å². The van der Waals surface area contributed by atoms with Crippen molar-refractivity contribution in [3.63, 3.8) is 0 Å². The van der Waals surface area contributed by atoms with Gasteiger partial charge in [0.2, 0.25) is 0 Å². The lowest BCUT2D eigenvalue weighted by Crippen LogP contribution is -2.89. The van der Waals surface area contributed by atoms with Crippen molar-refractivity contribution in [3.05, 3.63) is 0 Å². The molecule has 0 aromatic carbocycles. The van der Waals surface area contributed by atoms with Gasteiger partial charge in [0.05, 0.1) is 6.54 Å². The van der Waals surface area contributed by atoms with Gasteiger partial charge in [-0.05, 0) is 0 Å². The molecular weight excluding hydrogens is 76.1 g/mol. The molecule has 3 N–H and O–H groups in total. The molecule has 0 aromatic heterocycles. The van der Waals surface area contributed by atoms with E-state index in [4.69, 9.17) is 0 Å². The van der Waals surface area contributed by atoms with E-state index in [1.807, 2.05) is 0 Å². The van der Waals surface area contributed by atoms with Crippen LogP contribution in [0.15, 0.2) is 0 Å². The van der Waals surface area contributed by atoms with Crippen LogP contribution in [0, 0.1) is 0 Å². The molecule has 1 rings (SSSR count). The number of hydrogen-bond acceptors (Lipinski definition) is 1. The minimum atomic E-state index is 1.12. The number of rotatable bonds is 0. The topological polar surface area (TPSA) is 28.6 Å². The Kier molecular flexibility index (Phi) is 1.47. The van der Waals surface area contributed by atoms with Crippen molar-refractivity contribution < 1.29 is 5.32 Å². The quantitative estimate of drug-likeness (QED) is 0.370. The highest BCUT2D eigenvalue weighted by Gasteiger charge is 1.95. The molecule has 0 amide bonds. The van der Waals surface area contributed by atoms with E-state index in [9.17, 15) is 0 Å². The Morgan fingerprint density at radius 2 is 2.50 bits per heavy atom. The Morgan fingerprint density at radius 1 is 1.50 bits per heavy atom. The average molecular weight is 87.1 g/mol. The van der Waals surface area contributed by atoms with Gasteiger partial charge >= 0.3 is 0 Å². The van der Waals surface area contributed by atoms with Gasteiger partial charge in [-0.15, -0.1) is 0 Å². The minimum absolute atomic E-state index is 1.12. The molecule has 1 aliphatic heterocycles. The van der Waals surface area contributed by atoms with Crippen LogP contribution in [0.4, 0.5) is 0 Å². The molecule has 0 aliphatic carbocycles. The summed E-state index contributed by atoms with van der Waals surface area (Å²) in [6, 6.07) is 0. The largest absolute Gasteiger partial charge is 0.334 e. The van der Waals surface area contributed by atoms with Gasteiger partial charge in [-0.3, -0.25) is 5.32 Å². The number of nitrogens with two attached hydrogens (primary N) is 1. The fourth-order valence-corrected chi connectivity index (χ4v) is 0.678. The fraction of sp³-hybridized carbons (Fsp3) is 1.00. The molecule has 36 valence electrons. The van der Waals surface area contributed by atoms with Crippen LogP contribution in [-0.2, 0) is 0 Å². The summed E-state index contributed by atoms with van der Waals surface area (Å²) in [5.74, 6) is 0. The summed E-state index contributed by atoms with van der Waals surface area (Å²) in [6.07, 6.45) is 1.33. The van der Waals surface area contributed by atoms with E-state index < -0.39 is 0 Å². The van der Waals surface area contributed by atoms with Crippen LogP contribution in [0.25, 0.3) is 0 Å². The lowest BCUT2D eigenvalue weighted by Gasteiger charge is -2.07. The normalized spacial score (nSPS) is 24.0. The predicted molar refractivity (Wildman–Crippen MR) is 24.3 cm³/mol. The van der Waals surface area contributed by atoms with E-state index in [0.717, 1.165) is 6.67 Å². The Morgan fingerprint density at radius 3 is 2.67 bits per heavy atom. The summed E-state index contributed by atoms with van der Waals surface area (Å²) in [7, 11) is 0. The number of hydrogen-bond donors (Lipinski definition) is 2. The summed E-state index contributed by atoms with van der Waals surface area (Å²) in [6.45, 7) is 3.66. The molecule has 0 bridgehead atoms. The molecule has 2 nitrogen and oxygen atoms in total. The van der Waals surface area contributed by atoms with Crippen molar-refractivity contribution in [3.8, 4) is 0 Å². The van der Waals surface area contributed by atoms with Crippen LogP contribution in [0.5, 0.6) is 0 Å². The third-order valence-corrected chi connectivity index (χ3v) is 1.05. The first kappa shape index (κ1) is 4.09. The van der Waals surface area contributed by atoms with E-state index in [0.29, 0.717) is 0 Å². The van der Waals surface area contributed by atoms with Crippen LogP contribution in [-0.4, -0.2) is 19.8 Å². The highest BCUT2D eigenvalue weighted by Crippen LogP contribution is 1.67. The van der Waals surface area contributed by atoms with Crippen molar-refractivity contribution in [2.45, 2.75) is 6.42 Å². The van der Waals surface area contributed by atoms with Crippen molar-refractivity contribution in [1.29, 1.82) is 0 Å². The first-order chi connectivity index (χ1) is 3.00. The summed E-state index contributed by atoms with van der Waals surface area (Å²) in [4.78, 5) is 0. The molecule has 6 heavy (non-hydrogen) atoms. The minimum Gasteiger partial charge on any atom is -0.334 e. The van der Waals surface area contributed by atoms with Gasteiger partial charge in [-0.1, -0.05) is 0 Å². The van der Waals surface area contributed by atoms with Gasteiger partial charge in [0.1, 0.15) is 6.67 Å². The van der Waals surface area contributed by atoms with Gasteiger partial charge in [-0.25, -0.2) is 0 Å². The molecule has 1 fully saturated rings. The van der Waals surface area contributed by atoms with E-state index in [1.54, 1.807) is 0 Å². The smallest absolute Gasteiger partial charge is 0.129 e. The maximum atomic E-state index is 3.23. The molecular formula is C4H11N2+. The van der Waals surface area contributed by atoms with Gasteiger partial charge < -0.3 is 5.32 Å². The average Bonchev–Trinajstić information content (AvgIpc) is 1.72. The zero-order valence-corrected chi connectivity index (χ0v) is 3.91.